The summed E-state index contributed by atoms with van der Waals surface area (Å²) in [5, 5.41) is 12.0. The number of hydrogen-bond acceptors (Lipinski definition) is 6. The molecule has 1 amide bonds. The van der Waals surface area contributed by atoms with E-state index in [1.165, 1.54) is 5.56 Å². The van der Waals surface area contributed by atoms with Crippen molar-refractivity contribution in [3.05, 3.63) is 77.5 Å². The van der Waals surface area contributed by atoms with Crippen molar-refractivity contribution in [2.24, 2.45) is 5.92 Å². The number of anilines is 1. The summed E-state index contributed by atoms with van der Waals surface area (Å²) in [4.78, 5) is 30.5. The molecule has 2 N–H and O–H groups in total. The number of carbonyl (C=O) groups is 2. The number of nitrogens with zero attached hydrogens (tertiary/aromatic N) is 3. The van der Waals surface area contributed by atoms with Gasteiger partial charge in [0, 0.05) is 37.5 Å². The molecule has 1 aromatic heterocycles. The maximum atomic E-state index is 12.9. The highest BCUT2D eigenvalue weighted by atomic mass is 16.5. The molecule has 0 atom stereocenters. The van der Waals surface area contributed by atoms with E-state index in [1.54, 1.807) is 6.20 Å². The molecule has 2 aromatic carbocycles. The summed E-state index contributed by atoms with van der Waals surface area (Å²) >= 11 is 0. The lowest BCUT2D eigenvalue weighted by Gasteiger charge is -2.29. The SMILES string of the molecule is O=C(O)CC1CCC(c2ccc(N3C=Cc4nc(C(=O)NCc5ccc6c(c5)OCCCO6)cn4C3)cc2)CC1. The van der Waals surface area contributed by atoms with Crippen LogP contribution in [0.5, 0.6) is 11.5 Å². The molecule has 1 aliphatic carbocycles. The summed E-state index contributed by atoms with van der Waals surface area (Å²) in [5.41, 5.74) is 3.70. The van der Waals surface area contributed by atoms with E-state index in [9.17, 15) is 9.59 Å². The number of carboxylic acids is 1. The molecule has 6 rings (SSSR count). The van der Waals surface area contributed by atoms with Crippen molar-refractivity contribution in [3.8, 4) is 11.5 Å². The van der Waals surface area contributed by atoms with Gasteiger partial charge >= 0.3 is 5.97 Å². The van der Waals surface area contributed by atoms with Crippen LogP contribution in [-0.4, -0.2) is 39.7 Å². The molecule has 9 nitrogen and oxygen atoms in total. The van der Waals surface area contributed by atoms with Crippen molar-refractivity contribution < 1.29 is 24.2 Å². The van der Waals surface area contributed by atoms with Gasteiger partial charge in [-0.05, 0) is 79.0 Å². The van der Waals surface area contributed by atoms with Gasteiger partial charge in [-0.3, -0.25) is 9.59 Å². The molecule has 3 heterocycles. The number of aromatic nitrogens is 2. The van der Waals surface area contributed by atoms with Crippen molar-refractivity contribution >= 4 is 23.6 Å². The Hall–Kier alpha value is -4.27. The minimum Gasteiger partial charge on any atom is -0.490 e. The zero-order valence-corrected chi connectivity index (χ0v) is 22.4. The van der Waals surface area contributed by atoms with E-state index in [2.05, 4.69) is 39.5 Å². The van der Waals surface area contributed by atoms with Gasteiger partial charge in [-0.15, -0.1) is 0 Å². The highest BCUT2D eigenvalue weighted by Crippen LogP contribution is 2.38. The van der Waals surface area contributed by atoms with Gasteiger partial charge in [0.25, 0.3) is 5.91 Å². The van der Waals surface area contributed by atoms with Gasteiger partial charge in [-0.1, -0.05) is 18.2 Å². The number of fused-ring (bicyclic) bond motifs is 2. The van der Waals surface area contributed by atoms with Crippen LogP contribution in [0.2, 0.25) is 0 Å². The van der Waals surface area contributed by atoms with Crippen molar-refractivity contribution in [2.45, 2.75) is 57.7 Å². The van der Waals surface area contributed by atoms with Crippen LogP contribution < -0.4 is 19.7 Å². The van der Waals surface area contributed by atoms with Gasteiger partial charge in [0.05, 0.1) is 13.2 Å². The van der Waals surface area contributed by atoms with Crippen LogP contribution in [0.15, 0.2) is 54.9 Å². The van der Waals surface area contributed by atoms with Gasteiger partial charge in [-0.2, -0.15) is 0 Å². The first-order chi connectivity index (χ1) is 19.5. The van der Waals surface area contributed by atoms with Crippen molar-refractivity contribution in [3.63, 3.8) is 0 Å². The fraction of sp³-hybridized carbons (Fsp3) is 0.387. The summed E-state index contributed by atoms with van der Waals surface area (Å²) in [5.74, 6) is 2.07. The third-order valence-electron chi connectivity index (χ3n) is 8.02. The number of rotatable bonds is 7. The molecule has 208 valence electrons. The lowest BCUT2D eigenvalue weighted by molar-refractivity contribution is -0.138. The quantitative estimate of drug-likeness (QED) is 0.424. The number of benzene rings is 2. The Morgan fingerprint density at radius 2 is 1.77 bits per heavy atom. The van der Waals surface area contributed by atoms with E-state index in [0.29, 0.717) is 49.7 Å². The largest absolute Gasteiger partial charge is 0.490 e. The highest BCUT2D eigenvalue weighted by molar-refractivity contribution is 5.92. The third kappa shape index (κ3) is 5.83. The number of imidazole rings is 1. The first-order valence-corrected chi connectivity index (χ1v) is 14.0. The first kappa shape index (κ1) is 26.0. The smallest absolute Gasteiger partial charge is 0.303 e. The fourth-order valence-corrected chi connectivity index (χ4v) is 5.80. The maximum Gasteiger partial charge on any atom is 0.303 e. The predicted octanol–water partition coefficient (Wildman–Crippen LogP) is 5.17. The van der Waals surface area contributed by atoms with E-state index in [1.807, 2.05) is 35.0 Å². The molecule has 0 bridgehead atoms. The zero-order chi connectivity index (χ0) is 27.5. The Kier molecular flexibility index (Phi) is 7.44. The summed E-state index contributed by atoms with van der Waals surface area (Å²) in [6.07, 6.45) is 10.9. The molecule has 3 aromatic rings. The van der Waals surface area contributed by atoms with E-state index in [4.69, 9.17) is 14.6 Å². The first-order valence-electron chi connectivity index (χ1n) is 14.0. The van der Waals surface area contributed by atoms with Gasteiger partial charge in [-0.25, -0.2) is 4.98 Å². The Balaban J connectivity index is 1.04. The second-order valence-corrected chi connectivity index (χ2v) is 10.8. The number of carbonyl (C=O) groups excluding carboxylic acids is 1. The fourth-order valence-electron chi connectivity index (χ4n) is 5.80. The molecule has 0 unspecified atom stereocenters. The van der Waals surface area contributed by atoms with Crippen LogP contribution in [0.1, 0.15) is 71.9 Å². The second-order valence-electron chi connectivity index (χ2n) is 10.8. The van der Waals surface area contributed by atoms with Gasteiger partial charge in [0.2, 0.25) is 0 Å². The number of nitrogens with one attached hydrogen (secondary N) is 1. The zero-order valence-electron chi connectivity index (χ0n) is 22.4. The van der Waals surface area contributed by atoms with Crippen LogP contribution >= 0.6 is 0 Å². The lowest BCUT2D eigenvalue weighted by Crippen LogP contribution is -2.24. The van der Waals surface area contributed by atoms with Crippen molar-refractivity contribution in [1.29, 1.82) is 0 Å². The van der Waals surface area contributed by atoms with Gasteiger partial charge in [0.1, 0.15) is 18.2 Å². The highest BCUT2D eigenvalue weighted by Gasteiger charge is 2.24. The average molecular weight is 543 g/mol. The number of carboxylic acid groups (broad SMARTS) is 1. The van der Waals surface area contributed by atoms with Crippen LogP contribution in [-0.2, 0) is 18.0 Å². The van der Waals surface area contributed by atoms with E-state index >= 15 is 0 Å². The molecule has 9 heteroatoms. The summed E-state index contributed by atoms with van der Waals surface area (Å²) < 4.78 is 13.4. The maximum absolute atomic E-state index is 12.9. The van der Waals surface area contributed by atoms with Crippen molar-refractivity contribution in [1.82, 2.24) is 14.9 Å². The Labute approximate surface area is 233 Å². The Bertz CT molecular complexity index is 1410. The summed E-state index contributed by atoms with van der Waals surface area (Å²) in [6.45, 7) is 2.19. The molecule has 1 fully saturated rings. The molecular weight excluding hydrogens is 508 g/mol. The van der Waals surface area contributed by atoms with Crippen LogP contribution in [0.4, 0.5) is 5.69 Å². The molecule has 1 saturated carbocycles. The van der Waals surface area contributed by atoms with E-state index < -0.39 is 5.97 Å². The van der Waals surface area contributed by atoms with Gasteiger partial charge in [0.15, 0.2) is 11.5 Å². The molecule has 0 spiro atoms. The van der Waals surface area contributed by atoms with Gasteiger partial charge < -0.3 is 29.4 Å². The molecule has 2 aliphatic heterocycles. The minimum atomic E-state index is -0.692. The number of hydrogen-bond donors (Lipinski definition) is 2. The molecule has 3 aliphatic rings. The molecule has 40 heavy (non-hydrogen) atoms. The third-order valence-corrected chi connectivity index (χ3v) is 8.02. The molecular formula is C31H34N4O5. The molecule has 0 radical (unpaired) electrons. The monoisotopic (exact) mass is 542 g/mol. The standard InChI is InChI=1S/C31H34N4O5/c36-30(37)17-21-2-5-23(6-3-21)24-7-9-25(10-8-24)34-13-12-29-33-26(19-35(29)20-34)31(38)32-18-22-4-11-27-28(16-22)40-15-1-14-39-27/h4,7-13,16,19,21,23H,1-3,5-6,14-15,17-18,20H2,(H,32,38)(H,36,37). The lowest BCUT2D eigenvalue weighted by atomic mass is 9.77. The summed E-state index contributed by atoms with van der Waals surface area (Å²) in [6, 6.07) is 14.4. The molecule has 0 saturated heterocycles. The Morgan fingerprint density at radius 1 is 1.00 bits per heavy atom. The van der Waals surface area contributed by atoms with E-state index in [0.717, 1.165) is 54.9 Å². The normalized spacial score (nSPS) is 19.9. The Morgan fingerprint density at radius 3 is 2.55 bits per heavy atom. The van der Waals surface area contributed by atoms with Crippen molar-refractivity contribution in [2.75, 3.05) is 18.1 Å². The van der Waals surface area contributed by atoms with Crippen LogP contribution in [0.25, 0.3) is 6.08 Å². The van der Waals surface area contributed by atoms with E-state index in [-0.39, 0.29) is 12.3 Å². The minimum absolute atomic E-state index is 0.226. The predicted molar refractivity (Wildman–Crippen MR) is 150 cm³/mol. The number of ether oxygens (including phenoxy) is 2. The van der Waals surface area contributed by atoms with Crippen LogP contribution in [0, 0.1) is 5.92 Å². The topological polar surface area (TPSA) is 106 Å². The van der Waals surface area contributed by atoms with Crippen LogP contribution in [0.3, 0.4) is 0 Å². The number of aliphatic carboxylic acids is 1. The summed E-state index contributed by atoms with van der Waals surface area (Å²) in [7, 11) is 0. The number of amides is 1. The second kappa shape index (κ2) is 11.5. The average Bonchev–Trinajstić information content (AvgIpc) is 3.26.